The lowest BCUT2D eigenvalue weighted by atomic mass is 9.88. The molecule has 2 aromatic heterocycles. The number of likely N-dealkylation sites (tertiary alicyclic amines) is 2. The fraction of sp³-hybridized carbons (Fsp3) is 0.789. The Kier molecular flexibility index (Phi) is 13.7. The second kappa shape index (κ2) is 17.6. The molecule has 0 saturated carbocycles. The van der Waals surface area contributed by atoms with Crippen molar-refractivity contribution in [2.45, 2.75) is 115 Å². The van der Waals surface area contributed by atoms with Gasteiger partial charge < -0.3 is 28.7 Å². The first kappa shape index (κ1) is 43.6. The van der Waals surface area contributed by atoms with Crippen molar-refractivity contribution in [3.8, 4) is 0 Å². The summed E-state index contributed by atoms with van der Waals surface area (Å²) in [6.45, 7) is 14.0. The van der Waals surface area contributed by atoms with E-state index in [1.165, 1.54) is 0 Å². The van der Waals surface area contributed by atoms with E-state index in [1.54, 1.807) is 35.2 Å². The van der Waals surface area contributed by atoms with Crippen LogP contribution in [0.25, 0.3) is 0 Å². The van der Waals surface area contributed by atoms with Crippen molar-refractivity contribution in [2.24, 2.45) is 14.1 Å². The van der Waals surface area contributed by atoms with E-state index in [0.717, 1.165) is 11.4 Å². The molecule has 0 radical (unpaired) electrons. The van der Waals surface area contributed by atoms with E-state index in [1.807, 2.05) is 74.0 Å². The van der Waals surface area contributed by atoms with Crippen molar-refractivity contribution in [3.63, 3.8) is 0 Å². The maximum atomic E-state index is 13.1. The molecule has 2 aromatic rings. The van der Waals surface area contributed by atoms with Gasteiger partial charge in [-0.15, -0.1) is 0 Å². The van der Waals surface area contributed by atoms with Crippen LogP contribution >= 0.6 is 0 Å². The highest BCUT2D eigenvalue weighted by molar-refractivity contribution is 5.68. The zero-order chi connectivity index (χ0) is 41.1. The third-order valence-electron chi connectivity index (χ3n) is 10.4. The monoisotopic (exact) mass is 800 g/mol. The minimum atomic E-state index is -2.40. The zero-order valence-electron chi connectivity index (χ0n) is 34.1. The highest BCUT2D eigenvalue weighted by Gasteiger charge is 2.47. The number of aryl methyl sites for hydroxylation is 2. The average molecular weight is 801 g/mol. The van der Waals surface area contributed by atoms with Crippen LogP contribution in [0.15, 0.2) is 24.5 Å². The number of piperidine rings is 2. The first-order chi connectivity index (χ1) is 26.1. The highest BCUT2D eigenvalue weighted by Crippen LogP contribution is 2.39. The third kappa shape index (κ3) is 12.0. The quantitative estimate of drug-likeness (QED) is 0.339. The van der Waals surface area contributed by atoms with E-state index < -0.39 is 35.3 Å². The molecule has 316 valence electrons. The van der Waals surface area contributed by atoms with E-state index >= 15 is 0 Å². The Morgan fingerprint density at radius 2 is 1.21 bits per heavy atom. The van der Waals surface area contributed by atoms with Crippen molar-refractivity contribution < 1.29 is 46.1 Å². The molecule has 0 aliphatic carbocycles. The second-order valence-electron chi connectivity index (χ2n) is 17.5. The average Bonchev–Trinajstić information content (AvgIpc) is 3.71. The lowest BCUT2D eigenvalue weighted by Crippen LogP contribution is -2.59. The molecular weight excluding hydrogens is 740 g/mol. The molecule has 0 aromatic carbocycles. The molecule has 2 unspecified atom stereocenters. The maximum Gasteiger partial charge on any atom is 0.410 e. The van der Waals surface area contributed by atoms with E-state index in [9.17, 15) is 27.2 Å². The Morgan fingerprint density at radius 1 is 0.768 bits per heavy atom. The largest absolute Gasteiger partial charge is 0.444 e. The predicted octanol–water partition coefficient (Wildman–Crippen LogP) is 5.66. The van der Waals surface area contributed by atoms with E-state index in [0.29, 0.717) is 78.0 Å². The van der Waals surface area contributed by atoms with Gasteiger partial charge in [0.25, 0.3) is 12.9 Å². The van der Waals surface area contributed by atoms with Crippen LogP contribution in [0.3, 0.4) is 0 Å². The number of amides is 2. The summed E-state index contributed by atoms with van der Waals surface area (Å²) in [5.74, 6) is 0. The maximum absolute atomic E-state index is 13.1. The summed E-state index contributed by atoms with van der Waals surface area (Å²) in [5.41, 5.74) is -0.602. The van der Waals surface area contributed by atoms with Gasteiger partial charge in [-0.1, -0.05) is 0 Å². The Balaban J connectivity index is 0.000000214. The molecule has 0 bridgehead atoms. The van der Waals surface area contributed by atoms with E-state index in [4.69, 9.17) is 18.9 Å². The van der Waals surface area contributed by atoms with Gasteiger partial charge in [0.1, 0.15) is 23.4 Å². The van der Waals surface area contributed by atoms with Crippen LogP contribution in [-0.2, 0) is 33.0 Å². The van der Waals surface area contributed by atoms with Crippen LogP contribution in [0.1, 0.15) is 90.8 Å². The summed E-state index contributed by atoms with van der Waals surface area (Å²) in [6.07, 6.45) is -0.341. The van der Waals surface area contributed by atoms with Gasteiger partial charge in [-0.3, -0.25) is 19.2 Å². The summed E-state index contributed by atoms with van der Waals surface area (Å²) in [7, 11) is 3.64. The van der Waals surface area contributed by atoms with Gasteiger partial charge >= 0.3 is 12.2 Å². The topological polar surface area (TPSA) is 120 Å². The van der Waals surface area contributed by atoms with Crippen molar-refractivity contribution in [3.05, 3.63) is 35.9 Å². The van der Waals surface area contributed by atoms with Gasteiger partial charge in [0.05, 0.1) is 35.7 Å². The third-order valence-corrected chi connectivity index (χ3v) is 10.4. The van der Waals surface area contributed by atoms with Crippen LogP contribution in [0.4, 0.5) is 27.2 Å². The zero-order valence-corrected chi connectivity index (χ0v) is 34.1. The van der Waals surface area contributed by atoms with Crippen molar-refractivity contribution in [1.29, 1.82) is 0 Å². The number of halogens is 4. The summed E-state index contributed by atoms with van der Waals surface area (Å²) in [5, 5.41) is 8.58. The Morgan fingerprint density at radius 3 is 1.59 bits per heavy atom. The molecule has 14 nitrogen and oxygen atoms in total. The van der Waals surface area contributed by atoms with Gasteiger partial charge in [-0.05, 0) is 79.4 Å². The number of morpholine rings is 2. The van der Waals surface area contributed by atoms with Crippen LogP contribution in [0, 0.1) is 0 Å². The summed E-state index contributed by atoms with van der Waals surface area (Å²) in [6, 6.07) is 3.72. The number of carbonyl (C=O) groups excluding carboxylic acids is 2. The second-order valence-corrected chi connectivity index (χ2v) is 17.5. The van der Waals surface area contributed by atoms with Gasteiger partial charge in [0, 0.05) is 78.8 Å². The molecule has 2 spiro atoms. The molecule has 4 saturated heterocycles. The molecule has 6 heterocycles. The van der Waals surface area contributed by atoms with E-state index in [2.05, 4.69) is 10.2 Å². The first-order valence-corrected chi connectivity index (χ1v) is 19.4. The van der Waals surface area contributed by atoms with Gasteiger partial charge in [0.15, 0.2) is 0 Å². The molecular formula is C38H60F4N8O6. The molecule has 0 N–H and O–H groups in total. The lowest BCUT2D eigenvalue weighted by molar-refractivity contribution is -0.183. The molecule has 6 rings (SSSR count). The first-order valence-electron chi connectivity index (χ1n) is 19.4. The molecule has 4 aliphatic rings. The van der Waals surface area contributed by atoms with Crippen LogP contribution < -0.4 is 0 Å². The van der Waals surface area contributed by atoms with E-state index in [-0.39, 0.29) is 37.5 Å². The highest BCUT2D eigenvalue weighted by atomic mass is 19.3. The number of hydrogen-bond donors (Lipinski definition) is 0. The van der Waals surface area contributed by atoms with Crippen molar-refractivity contribution >= 4 is 12.2 Å². The molecule has 18 heteroatoms. The number of rotatable bonds is 6. The fourth-order valence-corrected chi connectivity index (χ4v) is 7.85. The van der Waals surface area contributed by atoms with Gasteiger partial charge in [-0.25, -0.2) is 27.2 Å². The number of hydrogen-bond acceptors (Lipinski definition) is 10. The number of ether oxygens (including phenoxy) is 4. The van der Waals surface area contributed by atoms with Crippen molar-refractivity contribution in [1.82, 2.24) is 39.2 Å². The minimum Gasteiger partial charge on any atom is -0.444 e. The molecule has 2 amide bonds. The molecule has 4 fully saturated rings. The Bertz CT molecular complexity index is 1590. The molecule has 56 heavy (non-hydrogen) atoms. The Labute approximate surface area is 327 Å². The molecule has 2 atom stereocenters. The normalized spacial score (nSPS) is 23.4. The van der Waals surface area contributed by atoms with Gasteiger partial charge in [-0.2, -0.15) is 10.2 Å². The minimum absolute atomic E-state index is 0.282. The number of nitrogens with zero attached hydrogens (tertiary/aromatic N) is 8. The van der Waals surface area contributed by atoms with Crippen molar-refractivity contribution in [2.75, 3.05) is 65.4 Å². The number of alkyl halides is 4. The standard InChI is InChI=1S/2C19H30F2N4O3/c1-18(2,3)28-17(26)25-9-6-19(7-10-25)13-24(12-16(20)21)11-15(27-19)14-5-8-23(4)22-14;1-18(2,3)28-17(26)25-9-6-19(7-10-25)13-24(12-16(20)21)11-15(27-19)14-5-8-22-23(14)4/h2*5,8,15-16H,6-7,9-13H2,1-4H3. The van der Waals surface area contributed by atoms with Crippen LogP contribution in [0.2, 0.25) is 0 Å². The fourth-order valence-electron chi connectivity index (χ4n) is 7.85. The summed E-state index contributed by atoms with van der Waals surface area (Å²) < 4.78 is 79.4. The predicted molar refractivity (Wildman–Crippen MR) is 198 cm³/mol. The van der Waals surface area contributed by atoms with Crippen LogP contribution in [-0.4, -0.2) is 152 Å². The van der Waals surface area contributed by atoms with Crippen LogP contribution in [0.5, 0.6) is 0 Å². The van der Waals surface area contributed by atoms with Gasteiger partial charge in [0.2, 0.25) is 0 Å². The summed E-state index contributed by atoms with van der Waals surface area (Å²) >= 11 is 0. The SMILES string of the molecule is Cn1ccc(C2CN(CC(F)F)CC3(CCN(C(=O)OC(C)(C)C)CC3)O2)n1.Cn1nccc1C1CN(CC(F)F)CC2(CCN(C(=O)OC(C)(C)C)CC2)O1. The Hall–Kier alpha value is -3.48. The smallest absolute Gasteiger partial charge is 0.410 e. The molecule has 4 aliphatic heterocycles. The summed E-state index contributed by atoms with van der Waals surface area (Å²) in [4.78, 5) is 31.5. The lowest BCUT2D eigenvalue weighted by Gasteiger charge is -2.49. The number of carbonyl (C=O) groups is 2. The number of aromatic nitrogens is 4.